The van der Waals surface area contributed by atoms with Gasteiger partial charge in [0.1, 0.15) is 6.04 Å². The van der Waals surface area contributed by atoms with Crippen LogP contribution < -0.4 is 10.6 Å². The maximum absolute atomic E-state index is 13.1. The molecule has 1 atom stereocenters. The van der Waals surface area contributed by atoms with Crippen LogP contribution in [0.3, 0.4) is 0 Å². The minimum Gasteiger partial charge on any atom is -0.461 e. The third kappa shape index (κ3) is 7.08. The van der Waals surface area contributed by atoms with Crippen molar-refractivity contribution in [1.29, 1.82) is 0 Å². The predicted octanol–water partition coefficient (Wildman–Crippen LogP) is 3.53. The van der Waals surface area contributed by atoms with Crippen molar-refractivity contribution in [2.24, 2.45) is 0 Å². The Morgan fingerprint density at radius 2 is 2.00 bits per heavy atom. The number of ether oxygens (including phenoxy) is 1. The maximum atomic E-state index is 13.1. The van der Waals surface area contributed by atoms with Gasteiger partial charge in [0, 0.05) is 28.5 Å². The molecule has 194 valence electrons. The fourth-order valence-electron chi connectivity index (χ4n) is 3.42. The zero-order valence-corrected chi connectivity index (χ0v) is 21.6. The first-order valence-corrected chi connectivity index (χ1v) is 12.7. The Kier molecular flexibility index (Phi) is 8.90. The van der Waals surface area contributed by atoms with Crippen molar-refractivity contribution in [1.82, 2.24) is 30.9 Å². The molecule has 0 radical (unpaired) electrons. The van der Waals surface area contributed by atoms with Crippen LogP contribution in [0.5, 0.6) is 0 Å². The summed E-state index contributed by atoms with van der Waals surface area (Å²) in [6.45, 7) is 1.90. The Hall–Kier alpha value is -4.42. The van der Waals surface area contributed by atoms with E-state index in [9.17, 15) is 14.4 Å². The van der Waals surface area contributed by atoms with E-state index in [4.69, 9.17) is 16.3 Å². The van der Waals surface area contributed by atoms with Crippen LogP contribution in [0.15, 0.2) is 60.0 Å². The van der Waals surface area contributed by atoms with Crippen molar-refractivity contribution in [3.8, 4) is 11.4 Å². The molecule has 0 saturated carbocycles. The number of nitrogens with zero attached hydrogens (tertiary/aromatic N) is 4. The van der Waals surface area contributed by atoms with E-state index in [0.717, 1.165) is 16.9 Å². The molecule has 4 rings (SSSR count). The topological polar surface area (TPSA) is 152 Å². The number of thiazole rings is 1. The van der Waals surface area contributed by atoms with Crippen LogP contribution in [0.4, 0.5) is 5.13 Å². The monoisotopic (exact) mass is 551 g/mol. The second kappa shape index (κ2) is 12.7. The average Bonchev–Trinajstić information content (AvgIpc) is 3.61. The van der Waals surface area contributed by atoms with Crippen molar-refractivity contribution in [3.05, 3.63) is 81.8 Å². The van der Waals surface area contributed by atoms with Gasteiger partial charge in [-0.25, -0.2) is 9.78 Å². The number of H-pyrrole nitrogens is 1. The second-order valence-electron chi connectivity index (χ2n) is 7.80. The summed E-state index contributed by atoms with van der Waals surface area (Å²) in [5.74, 6) is -1.24. The summed E-state index contributed by atoms with van der Waals surface area (Å²) in [5.41, 5.74) is 2.15. The lowest BCUT2D eigenvalue weighted by Crippen LogP contribution is -2.44. The average molecular weight is 552 g/mol. The number of aromatic nitrogens is 5. The number of carbonyl (C=O) groups is 3. The lowest BCUT2D eigenvalue weighted by molar-refractivity contribution is -0.123. The van der Waals surface area contributed by atoms with E-state index in [2.05, 4.69) is 36.2 Å². The number of anilines is 1. The van der Waals surface area contributed by atoms with Crippen molar-refractivity contribution in [2.45, 2.75) is 19.4 Å². The molecular weight excluding hydrogens is 530 g/mol. The van der Waals surface area contributed by atoms with E-state index in [1.165, 1.54) is 11.5 Å². The molecule has 11 nitrogen and oxygen atoms in total. The molecule has 38 heavy (non-hydrogen) atoms. The van der Waals surface area contributed by atoms with E-state index in [1.54, 1.807) is 31.2 Å². The summed E-state index contributed by atoms with van der Waals surface area (Å²) in [7, 11) is 0. The number of hydrogen-bond acceptors (Lipinski definition) is 9. The molecule has 2 amide bonds. The summed E-state index contributed by atoms with van der Waals surface area (Å²) < 4.78 is 4.93. The van der Waals surface area contributed by atoms with Gasteiger partial charge in [0.25, 0.3) is 0 Å². The largest absolute Gasteiger partial charge is 0.461 e. The number of amides is 2. The third-order valence-corrected chi connectivity index (χ3v) is 6.14. The molecule has 0 aliphatic rings. The molecule has 2 aromatic heterocycles. The number of benzene rings is 2. The molecule has 2 aromatic carbocycles. The molecule has 0 saturated heterocycles. The van der Waals surface area contributed by atoms with Gasteiger partial charge in [0.05, 0.1) is 6.61 Å². The van der Waals surface area contributed by atoms with Gasteiger partial charge in [-0.2, -0.15) is 5.21 Å². The van der Waals surface area contributed by atoms with Gasteiger partial charge in [0.2, 0.25) is 17.6 Å². The van der Waals surface area contributed by atoms with Crippen LogP contribution >= 0.6 is 22.9 Å². The SMILES string of the molecule is CCOC(=O)c1csc(NC(=O)[C@H](Cc2ccccc2)NC(=O)/C=C/c2cc(Cl)ccc2-c2nn[nH]n2)n1. The zero-order valence-electron chi connectivity index (χ0n) is 20.1. The van der Waals surface area contributed by atoms with Gasteiger partial charge < -0.3 is 15.4 Å². The van der Waals surface area contributed by atoms with Crippen LogP contribution in [0, 0.1) is 0 Å². The Labute approximate surface area is 226 Å². The minimum atomic E-state index is -0.930. The molecular formula is C25H22ClN7O4S. The van der Waals surface area contributed by atoms with Crippen LogP contribution in [-0.2, 0) is 20.7 Å². The van der Waals surface area contributed by atoms with E-state index in [-0.39, 0.29) is 23.9 Å². The standard InChI is InChI=1S/C25H22ClN7O4S/c1-2-37-24(36)20-14-38-25(28-20)29-23(35)19(12-15-6-4-3-5-7-15)27-21(34)11-8-16-13-17(26)9-10-18(16)22-30-32-33-31-22/h3-11,13-14,19H,2,12H2,1H3,(H,27,34)(H,28,29,35)(H,30,31,32,33)/b11-8+/t19-/m0/s1. The van der Waals surface area contributed by atoms with E-state index < -0.39 is 23.8 Å². The van der Waals surface area contributed by atoms with Crippen LogP contribution in [0.25, 0.3) is 17.5 Å². The molecule has 0 aliphatic carbocycles. The molecule has 0 spiro atoms. The molecule has 2 heterocycles. The van der Waals surface area contributed by atoms with Crippen molar-refractivity contribution >= 4 is 51.9 Å². The lowest BCUT2D eigenvalue weighted by atomic mass is 10.0. The Balaban J connectivity index is 1.50. The number of halogens is 1. The minimum absolute atomic E-state index is 0.0951. The number of rotatable bonds is 10. The van der Waals surface area contributed by atoms with Crippen LogP contribution in [0.1, 0.15) is 28.5 Å². The van der Waals surface area contributed by atoms with Crippen LogP contribution in [0.2, 0.25) is 5.02 Å². The quantitative estimate of drug-likeness (QED) is 0.200. The van der Waals surface area contributed by atoms with E-state index in [1.807, 2.05) is 30.3 Å². The number of nitrogens with one attached hydrogen (secondary N) is 3. The van der Waals surface area contributed by atoms with Gasteiger partial charge in [-0.3, -0.25) is 9.59 Å². The zero-order chi connectivity index (χ0) is 26.9. The number of aromatic amines is 1. The fraction of sp³-hybridized carbons (Fsp3) is 0.160. The lowest BCUT2D eigenvalue weighted by Gasteiger charge is -2.17. The highest BCUT2D eigenvalue weighted by molar-refractivity contribution is 7.14. The van der Waals surface area contributed by atoms with Crippen LogP contribution in [-0.4, -0.2) is 56.0 Å². The van der Waals surface area contributed by atoms with E-state index in [0.29, 0.717) is 22.0 Å². The normalized spacial score (nSPS) is 11.7. The molecule has 0 fully saturated rings. The summed E-state index contributed by atoms with van der Waals surface area (Å²) in [5, 5.41) is 21.5. The summed E-state index contributed by atoms with van der Waals surface area (Å²) in [6.07, 6.45) is 3.08. The summed E-state index contributed by atoms with van der Waals surface area (Å²) in [6, 6.07) is 13.4. The summed E-state index contributed by atoms with van der Waals surface area (Å²) >= 11 is 7.22. The number of tetrazole rings is 1. The first kappa shape index (κ1) is 26.6. The Morgan fingerprint density at radius 1 is 1.18 bits per heavy atom. The maximum Gasteiger partial charge on any atom is 0.357 e. The smallest absolute Gasteiger partial charge is 0.357 e. The Morgan fingerprint density at radius 3 is 2.74 bits per heavy atom. The predicted molar refractivity (Wildman–Crippen MR) is 142 cm³/mol. The van der Waals surface area contributed by atoms with Crippen molar-refractivity contribution < 1.29 is 19.1 Å². The molecule has 0 bridgehead atoms. The first-order chi connectivity index (χ1) is 18.4. The van der Waals surface area contributed by atoms with Gasteiger partial charge in [-0.1, -0.05) is 41.9 Å². The molecule has 4 aromatic rings. The fourth-order valence-corrected chi connectivity index (χ4v) is 4.28. The third-order valence-electron chi connectivity index (χ3n) is 5.15. The number of hydrogen-bond donors (Lipinski definition) is 3. The molecule has 0 unspecified atom stereocenters. The highest BCUT2D eigenvalue weighted by Gasteiger charge is 2.22. The van der Waals surface area contributed by atoms with Crippen molar-refractivity contribution in [3.63, 3.8) is 0 Å². The molecule has 0 aliphatic heterocycles. The second-order valence-corrected chi connectivity index (χ2v) is 9.09. The Bertz CT molecular complexity index is 1440. The molecule has 13 heteroatoms. The first-order valence-electron chi connectivity index (χ1n) is 11.4. The van der Waals surface area contributed by atoms with Gasteiger partial charge in [-0.05, 0) is 47.5 Å². The van der Waals surface area contributed by atoms with Gasteiger partial charge in [-0.15, -0.1) is 21.5 Å². The molecule has 3 N–H and O–H groups in total. The number of carbonyl (C=O) groups excluding carboxylic acids is 3. The highest BCUT2D eigenvalue weighted by atomic mass is 35.5. The van der Waals surface area contributed by atoms with E-state index >= 15 is 0 Å². The van der Waals surface area contributed by atoms with Gasteiger partial charge >= 0.3 is 5.97 Å². The van der Waals surface area contributed by atoms with Crippen molar-refractivity contribution in [2.75, 3.05) is 11.9 Å². The number of esters is 1. The highest BCUT2D eigenvalue weighted by Crippen LogP contribution is 2.24. The summed E-state index contributed by atoms with van der Waals surface area (Å²) in [4.78, 5) is 42.0. The van der Waals surface area contributed by atoms with Gasteiger partial charge in [0.15, 0.2) is 10.8 Å².